The topological polar surface area (TPSA) is 35.6 Å². The van der Waals surface area contributed by atoms with Crippen molar-refractivity contribution in [3.63, 3.8) is 0 Å². The Kier molecular flexibility index (Phi) is 4.98. The largest absolute Gasteiger partial charge is 0.369 e. The maximum Gasteiger partial charge on any atom is 0.234 e. The van der Waals surface area contributed by atoms with Crippen LogP contribution in [0.1, 0.15) is 32.6 Å². The molecule has 3 fully saturated rings. The first kappa shape index (κ1) is 16.9. The third kappa shape index (κ3) is 3.84. The van der Waals surface area contributed by atoms with Crippen LogP contribution in [0.4, 0.5) is 5.69 Å². The molecule has 136 valence electrons. The maximum absolute atomic E-state index is 12.5. The van der Waals surface area contributed by atoms with Crippen molar-refractivity contribution in [3.05, 3.63) is 30.3 Å². The number of fused-ring (bicyclic) bond motifs is 2. The predicted molar refractivity (Wildman–Crippen MR) is 102 cm³/mol. The molecule has 1 aromatic rings. The van der Waals surface area contributed by atoms with Crippen molar-refractivity contribution in [2.45, 2.75) is 38.6 Å². The van der Waals surface area contributed by atoms with E-state index in [0.29, 0.717) is 12.6 Å². The fourth-order valence-corrected chi connectivity index (χ4v) is 5.32. The second-order valence-corrected chi connectivity index (χ2v) is 8.29. The molecule has 0 radical (unpaired) electrons. The fourth-order valence-electron chi connectivity index (χ4n) is 5.32. The minimum absolute atomic E-state index is 0.212. The first-order chi connectivity index (χ1) is 12.2. The van der Waals surface area contributed by atoms with Crippen molar-refractivity contribution in [2.24, 2.45) is 17.8 Å². The number of amides is 1. The SMILES string of the molecule is C[C@@H](NC(=O)CN1CCN(c2ccccc2)CC1)[C@H]1C[C@H]2CC[C@H]1C2. The number of carbonyl (C=O) groups is 1. The van der Waals surface area contributed by atoms with Gasteiger partial charge in [-0.05, 0) is 56.1 Å². The van der Waals surface area contributed by atoms with Crippen LogP contribution in [-0.2, 0) is 4.79 Å². The predicted octanol–water partition coefficient (Wildman–Crippen LogP) is 2.75. The van der Waals surface area contributed by atoms with E-state index in [1.165, 1.54) is 31.4 Å². The molecule has 2 saturated carbocycles. The molecule has 25 heavy (non-hydrogen) atoms. The summed E-state index contributed by atoms with van der Waals surface area (Å²) in [6, 6.07) is 10.9. The monoisotopic (exact) mass is 341 g/mol. The average Bonchev–Trinajstić information content (AvgIpc) is 3.26. The van der Waals surface area contributed by atoms with Crippen molar-refractivity contribution >= 4 is 11.6 Å². The molecule has 4 heteroatoms. The molecule has 3 aliphatic rings. The molecule has 1 aromatic carbocycles. The van der Waals surface area contributed by atoms with E-state index in [1.807, 2.05) is 0 Å². The third-order valence-electron chi connectivity index (χ3n) is 6.68. The quantitative estimate of drug-likeness (QED) is 0.894. The van der Waals surface area contributed by atoms with Gasteiger partial charge in [0.25, 0.3) is 0 Å². The molecule has 1 N–H and O–H groups in total. The van der Waals surface area contributed by atoms with Crippen LogP contribution in [-0.4, -0.2) is 49.6 Å². The molecule has 1 saturated heterocycles. The molecule has 4 atom stereocenters. The number of piperazine rings is 1. The molecule has 0 unspecified atom stereocenters. The third-order valence-corrected chi connectivity index (χ3v) is 6.68. The van der Waals surface area contributed by atoms with Crippen LogP contribution < -0.4 is 10.2 Å². The number of nitrogens with zero attached hydrogens (tertiary/aromatic N) is 2. The van der Waals surface area contributed by atoms with Gasteiger partial charge >= 0.3 is 0 Å². The highest BCUT2D eigenvalue weighted by Gasteiger charge is 2.42. The minimum atomic E-state index is 0.212. The number of benzene rings is 1. The normalized spacial score (nSPS) is 30.4. The van der Waals surface area contributed by atoms with E-state index in [-0.39, 0.29) is 5.91 Å². The summed E-state index contributed by atoms with van der Waals surface area (Å²) in [5.74, 6) is 2.75. The van der Waals surface area contributed by atoms with E-state index in [4.69, 9.17) is 0 Å². The van der Waals surface area contributed by atoms with Gasteiger partial charge < -0.3 is 10.2 Å². The number of hydrogen-bond donors (Lipinski definition) is 1. The van der Waals surface area contributed by atoms with Crippen molar-refractivity contribution in [1.29, 1.82) is 0 Å². The molecule has 0 spiro atoms. The van der Waals surface area contributed by atoms with Crippen molar-refractivity contribution in [1.82, 2.24) is 10.2 Å². The fraction of sp³-hybridized carbons (Fsp3) is 0.667. The van der Waals surface area contributed by atoms with Crippen molar-refractivity contribution in [3.8, 4) is 0 Å². The Hall–Kier alpha value is -1.55. The van der Waals surface area contributed by atoms with Gasteiger partial charge in [0.05, 0.1) is 6.54 Å². The Bertz CT molecular complexity index is 582. The molecule has 0 aromatic heterocycles. The van der Waals surface area contributed by atoms with Gasteiger partial charge in [-0.25, -0.2) is 0 Å². The molecule has 4 nitrogen and oxygen atoms in total. The van der Waals surface area contributed by atoms with Crippen LogP contribution in [0, 0.1) is 17.8 Å². The lowest BCUT2D eigenvalue weighted by Crippen LogP contribution is -2.51. The molecule has 4 rings (SSSR count). The van der Waals surface area contributed by atoms with E-state index >= 15 is 0 Å². The number of hydrogen-bond acceptors (Lipinski definition) is 3. The number of carbonyl (C=O) groups excluding carboxylic acids is 1. The standard InChI is InChI=1S/C21H31N3O/c1-16(20-14-17-7-8-18(20)13-17)22-21(25)15-23-9-11-24(12-10-23)19-5-3-2-4-6-19/h2-6,16-18,20H,7-15H2,1H3,(H,22,25)/t16-,17+,18+,20-/m1/s1. The maximum atomic E-state index is 12.5. The summed E-state index contributed by atoms with van der Waals surface area (Å²) in [5, 5.41) is 3.30. The zero-order chi connectivity index (χ0) is 17.2. The number of para-hydroxylation sites is 1. The van der Waals surface area contributed by atoms with Gasteiger partial charge in [0, 0.05) is 37.9 Å². The summed E-state index contributed by atoms with van der Waals surface area (Å²) in [5.41, 5.74) is 1.29. The highest BCUT2D eigenvalue weighted by Crippen LogP contribution is 2.49. The highest BCUT2D eigenvalue weighted by atomic mass is 16.2. The van der Waals surface area contributed by atoms with E-state index in [9.17, 15) is 4.79 Å². The van der Waals surface area contributed by atoms with Crippen LogP contribution in [0.2, 0.25) is 0 Å². The molecular weight excluding hydrogens is 310 g/mol. The molecule has 2 bridgehead atoms. The zero-order valence-corrected chi connectivity index (χ0v) is 15.4. The Morgan fingerprint density at radius 2 is 1.88 bits per heavy atom. The van der Waals surface area contributed by atoms with Gasteiger partial charge in [-0.3, -0.25) is 9.69 Å². The highest BCUT2D eigenvalue weighted by molar-refractivity contribution is 5.78. The molecule has 1 amide bonds. The summed E-state index contributed by atoms with van der Waals surface area (Å²) < 4.78 is 0. The number of nitrogens with one attached hydrogen (secondary N) is 1. The second kappa shape index (κ2) is 7.36. The summed E-state index contributed by atoms with van der Waals surface area (Å²) in [4.78, 5) is 17.2. The van der Waals surface area contributed by atoms with Crippen molar-refractivity contribution in [2.75, 3.05) is 37.6 Å². The van der Waals surface area contributed by atoms with E-state index in [2.05, 4.69) is 52.4 Å². The minimum Gasteiger partial charge on any atom is -0.369 e. The Morgan fingerprint density at radius 1 is 1.12 bits per heavy atom. The van der Waals surface area contributed by atoms with Gasteiger partial charge in [-0.1, -0.05) is 24.6 Å². The summed E-state index contributed by atoms with van der Waals surface area (Å²) in [7, 11) is 0. The summed E-state index contributed by atoms with van der Waals surface area (Å²) in [6.45, 7) is 6.69. The summed E-state index contributed by atoms with van der Waals surface area (Å²) >= 11 is 0. The van der Waals surface area contributed by atoms with Gasteiger partial charge in [0.15, 0.2) is 0 Å². The van der Waals surface area contributed by atoms with Gasteiger partial charge in [-0.2, -0.15) is 0 Å². The second-order valence-electron chi connectivity index (χ2n) is 8.29. The molecule has 2 aliphatic carbocycles. The lowest BCUT2D eigenvalue weighted by Gasteiger charge is -2.36. The van der Waals surface area contributed by atoms with Crippen molar-refractivity contribution < 1.29 is 4.79 Å². The molecule has 1 heterocycles. The van der Waals surface area contributed by atoms with Crippen LogP contribution >= 0.6 is 0 Å². The Balaban J connectivity index is 1.21. The van der Waals surface area contributed by atoms with E-state index in [0.717, 1.165) is 43.9 Å². The number of anilines is 1. The Morgan fingerprint density at radius 3 is 2.52 bits per heavy atom. The van der Waals surface area contributed by atoms with E-state index in [1.54, 1.807) is 0 Å². The van der Waals surface area contributed by atoms with Gasteiger partial charge in [-0.15, -0.1) is 0 Å². The first-order valence-electron chi connectivity index (χ1n) is 10.0. The lowest BCUT2D eigenvalue weighted by atomic mass is 9.84. The van der Waals surface area contributed by atoms with Gasteiger partial charge in [0.1, 0.15) is 0 Å². The molecular formula is C21H31N3O. The first-order valence-corrected chi connectivity index (χ1v) is 10.0. The van der Waals surface area contributed by atoms with Gasteiger partial charge in [0.2, 0.25) is 5.91 Å². The average molecular weight is 341 g/mol. The summed E-state index contributed by atoms with van der Waals surface area (Å²) in [6.07, 6.45) is 5.55. The Labute approximate surface area is 151 Å². The smallest absolute Gasteiger partial charge is 0.234 e. The van der Waals surface area contributed by atoms with E-state index < -0.39 is 0 Å². The van der Waals surface area contributed by atoms with Crippen LogP contribution in [0.5, 0.6) is 0 Å². The zero-order valence-electron chi connectivity index (χ0n) is 15.4. The van der Waals surface area contributed by atoms with Crippen LogP contribution in [0.25, 0.3) is 0 Å². The van der Waals surface area contributed by atoms with Crippen LogP contribution in [0.15, 0.2) is 30.3 Å². The molecule has 1 aliphatic heterocycles. The lowest BCUT2D eigenvalue weighted by molar-refractivity contribution is -0.123. The number of rotatable bonds is 5. The van der Waals surface area contributed by atoms with Crippen LogP contribution in [0.3, 0.4) is 0 Å².